The van der Waals surface area contributed by atoms with E-state index in [0.717, 1.165) is 24.6 Å². The number of piperidine rings is 2. The molecule has 0 saturated carbocycles. The molecule has 0 aromatic heterocycles. The Kier molecular flexibility index (Phi) is 8.40. The van der Waals surface area contributed by atoms with Gasteiger partial charge < -0.3 is 19.7 Å². The molecule has 2 unspecified atom stereocenters. The summed E-state index contributed by atoms with van der Waals surface area (Å²) in [6.45, 7) is 10.6. The van der Waals surface area contributed by atoms with Crippen molar-refractivity contribution in [1.29, 1.82) is 0 Å². The minimum absolute atomic E-state index is 0.0947. The van der Waals surface area contributed by atoms with E-state index in [4.69, 9.17) is 9.47 Å². The van der Waals surface area contributed by atoms with Gasteiger partial charge in [0.2, 0.25) is 5.91 Å². The van der Waals surface area contributed by atoms with E-state index < -0.39 is 0 Å². The predicted octanol–water partition coefficient (Wildman–Crippen LogP) is 3.15. The topological polar surface area (TPSA) is 54.0 Å². The van der Waals surface area contributed by atoms with Crippen LogP contribution in [-0.4, -0.2) is 68.7 Å². The lowest BCUT2D eigenvalue weighted by Crippen LogP contribution is -2.50. The Morgan fingerprint density at radius 3 is 2.57 bits per heavy atom. The third-order valence-corrected chi connectivity index (χ3v) is 6.78. The molecule has 1 amide bonds. The average Bonchev–Trinajstić information content (AvgIpc) is 2.78. The van der Waals surface area contributed by atoms with Crippen LogP contribution in [0.1, 0.15) is 45.1 Å². The largest absolute Gasteiger partial charge is 0.493 e. The van der Waals surface area contributed by atoms with Crippen LogP contribution in [-0.2, 0) is 11.3 Å². The fraction of sp³-hybridized carbons (Fsp3) is 0.708. The van der Waals surface area contributed by atoms with Crippen LogP contribution in [0.5, 0.6) is 11.5 Å². The summed E-state index contributed by atoms with van der Waals surface area (Å²) in [4.78, 5) is 17.8. The van der Waals surface area contributed by atoms with E-state index in [1.165, 1.54) is 45.3 Å². The number of nitrogens with zero attached hydrogens (tertiary/aromatic N) is 2. The highest BCUT2D eigenvalue weighted by atomic mass is 16.5. The first-order valence-electron chi connectivity index (χ1n) is 11.4. The molecule has 30 heavy (non-hydrogen) atoms. The molecule has 0 bridgehead atoms. The Hall–Kier alpha value is -1.79. The molecule has 1 aromatic carbocycles. The van der Waals surface area contributed by atoms with Crippen LogP contribution in [0.2, 0.25) is 0 Å². The fourth-order valence-corrected chi connectivity index (χ4v) is 4.70. The lowest BCUT2D eigenvalue weighted by Gasteiger charge is -2.39. The van der Waals surface area contributed by atoms with Crippen LogP contribution in [0.4, 0.5) is 0 Å². The molecule has 0 aliphatic carbocycles. The summed E-state index contributed by atoms with van der Waals surface area (Å²) in [7, 11) is 3.25. The van der Waals surface area contributed by atoms with Crippen LogP contribution < -0.4 is 14.8 Å². The van der Waals surface area contributed by atoms with Gasteiger partial charge in [-0.15, -0.1) is 0 Å². The number of amides is 1. The number of nitrogens with one attached hydrogen (secondary N) is 1. The van der Waals surface area contributed by atoms with E-state index in [1.54, 1.807) is 14.2 Å². The number of hydrogen-bond donors (Lipinski definition) is 1. The van der Waals surface area contributed by atoms with Gasteiger partial charge in [0.25, 0.3) is 0 Å². The zero-order valence-electron chi connectivity index (χ0n) is 19.2. The van der Waals surface area contributed by atoms with Crippen molar-refractivity contribution in [3.05, 3.63) is 23.8 Å². The summed E-state index contributed by atoms with van der Waals surface area (Å²) in [5.41, 5.74) is 1.00. The van der Waals surface area contributed by atoms with Gasteiger partial charge in [-0.2, -0.15) is 0 Å². The molecule has 2 atom stereocenters. The lowest BCUT2D eigenvalue weighted by molar-refractivity contribution is -0.126. The first-order chi connectivity index (χ1) is 14.5. The standard InChI is InChI=1S/C24H39N3O3/c1-18-9-12-26(13-10-18)16-21-6-5-11-27(17-21)19(2)24(28)25-15-20-7-8-22(29-3)23(14-20)30-4/h7-8,14,18-19,21H,5-6,9-13,15-17H2,1-4H3,(H,25,28). The number of carbonyl (C=O) groups is 1. The van der Waals surface area contributed by atoms with Gasteiger partial charge in [-0.25, -0.2) is 0 Å². The number of rotatable bonds is 8. The number of benzene rings is 1. The summed E-state index contributed by atoms with van der Waals surface area (Å²) in [5, 5.41) is 3.10. The van der Waals surface area contributed by atoms with Crippen LogP contribution in [0, 0.1) is 11.8 Å². The summed E-state index contributed by atoms with van der Waals surface area (Å²) in [5.74, 6) is 3.02. The second kappa shape index (κ2) is 11.0. The van der Waals surface area contributed by atoms with Crippen LogP contribution in [0.15, 0.2) is 18.2 Å². The van der Waals surface area contributed by atoms with E-state index in [2.05, 4.69) is 22.0 Å². The van der Waals surface area contributed by atoms with Crippen molar-refractivity contribution in [3.63, 3.8) is 0 Å². The third kappa shape index (κ3) is 6.11. The highest BCUT2D eigenvalue weighted by molar-refractivity contribution is 5.81. The van der Waals surface area contributed by atoms with Crippen LogP contribution in [0.25, 0.3) is 0 Å². The van der Waals surface area contributed by atoms with Gasteiger partial charge in [-0.05, 0) is 81.8 Å². The van der Waals surface area contributed by atoms with Gasteiger partial charge in [-0.3, -0.25) is 9.69 Å². The van der Waals surface area contributed by atoms with E-state index in [9.17, 15) is 4.79 Å². The summed E-state index contributed by atoms with van der Waals surface area (Å²) < 4.78 is 10.6. The number of methoxy groups -OCH3 is 2. The Bertz CT molecular complexity index is 688. The zero-order valence-corrected chi connectivity index (χ0v) is 19.2. The highest BCUT2D eigenvalue weighted by Gasteiger charge is 2.29. The third-order valence-electron chi connectivity index (χ3n) is 6.78. The number of likely N-dealkylation sites (tertiary alicyclic amines) is 2. The van der Waals surface area contributed by atoms with Gasteiger partial charge in [0.1, 0.15) is 0 Å². The van der Waals surface area contributed by atoms with E-state index in [-0.39, 0.29) is 11.9 Å². The monoisotopic (exact) mass is 417 g/mol. The number of carbonyl (C=O) groups excluding carboxylic acids is 1. The Morgan fingerprint density at radius 1 is 1.13 bits per heavy atom. The Labute approximate surface area is 181 Å². The number of ether oxygens (including phenoxy) is 2. The molecule has 2 aliphatic heterocycles. The maximum Gasteiger partial charge on any atom is 0.237 e. The molecular formula is C24H39N3O3. The second-order valence-electron chi connectivity index (χ2n) is 9.07. The Morgan fingerprint density at radius 2 is 1.87 bits per heavy atom. The summed E-state index contributed by atoms with van der Waals surface area (Å²) >= 11 is 0. The molecule has 2 heterocycles. The van der Waals surface area contributed by atoms with Gasteiger partial charge in [0.05, 0.1) is 20.3 Å². The summed E-state index contributed by atoms with van der Waals surface area (Å²) in [6.07, 6.45) is 5.11. The normalized spacial score (nSPS) is 22.5. The van der Waals surface area contributed by atoms with Crippen molar-refractivity contribution in [2.45, 2.75) is 52.1 Å². The van der Waals surface area contributed by atoms with Gasteiger partial charge in [-0.1, -0.05) is 13.0 Å². The molecule has 0 spiro atoms. The second-order valence-corrected chi connectivity index (χ2v) is 9.07. The van der Waals surface area contributed by atoms with Crippen molar-refractivity contribution < 1.29 is 14.3 Å². The minimum Gasteiger partial charge on any atom is -0.493 e. The zero-order chi connectivity index (χ0) is 21.5. The number of hydrogen-bond acceptors (Lipinski definition) is 5. The molecule has 1 aromatic rings. The van der Waals surface area contributed by atoms with Gasteiger partial charge in [0, 0.05) is 19.6 Å². The Balaban J connectivity index is 1.47. The SMILES string of the molecule is COc1ccc(CNC(=O)C(C)N2CCCC(CN3CCC(C)CC3)C2)cc1OC. The van der Waals surface area contributed by atoms with E-state index in [0.29, 0.717) is 24.0 Å². The summed E-state index contributed by atoms with van der Waals surface area (Å²) in [6, 6.07) is 5.65. The maximum atomic E-state index is 12.8. The molecule has 2 aliphatic rings. The minimum atomic E-state index is -0.102. The quantitative estimate of drug-likeness (QED) is 0.704. The van der Waals surface area contributed by atoms with Crippen LogP contribution >= 0.6 is 0 Å². The maximum absolute atomic E-state index is 12.8. The van der Waals surface area contributed by atoms with Crippen LogP contribution in [0.3, 0.4) is 0 Å². The van der Waals surface area contributed by atoms with E-state index in [1.807, 2.05) is 25.1 Å². The highest BCUT2D eigenvalue weighted by Crippen LogP contribution is 2.27. The molecule has 168 valence electrons. The van der Waals surface area contributed by atoms with Gasteiger partial charge >= 0.3 is 0 Å². The van der Waals surface area contributed by atoms with Gasteiger partial charge in [0.15, 0.2) is 11.5 Å². The first-order valence-corrected chi connectivity index (χ1v) is 11.4. The first kappa shape index (κ1) is 22.9. The average molecular weight is 418 g/mol. The fourth-order valence-electron chi connectivity index (χ4n) is 4.70. The predicted molar refractivity (Wildman–Crippen MR) is 120 cm³/mol. The lowest BCUT2D eigenvalue weighted by atomic mass is 9.93. The molecule has 1 N–H and O–H groups in total. The molecule has 2 saturated heterocycles. The van der Waals surface area contributed by atoms with Crippen molar-refractivity contribution in [3.8, 4) is 11.5 Å². The molecular weight excluding hydrogens is 378 g/mol. The molecule has 2 fully saturated rings. The van der Waals surface area contributed by atoms with Crippen molar-refractivity contribution in [2.24, 2.45) is 11.8 Å². The van der Waals surface area contributed by atoms with Crippen molar-refractivity contribution in [2.75, 3.05) is 46.9 Å². The van der Waals surface area contributed by atoms with E-state index >= 15 is 0 Å². The van der Waals surface area contributed by atoms with Crippen molar-refractivity contribution in [1.82, 2.24) is 15.1 Å². The molecule has 6 nitrogen and oxygen atoms in total. The smallest absolute Gasteiger partial charge is 0.237 e. The van der Waals surface area contributed by atoms with Crippen molar-refractivity contribution >= 4 is 5.91 Å². The molecule has 3 rings (SSSR count). The molecule has 0 radical (unpaired) electrons. The molecule has 6 heteroatoms.